The average Bonchev–Trinajstić information content (AvgIpc) is 3.12. The highest BCUT2D eigenvalue weighted by molar-refractivity contribution is 7.99. The normalized spacial score (nSPS) is 22.0. The summed E-state index contributed by atoms with van der Waals surface area (Å²) in [6.07, 6.45) is 9.25. The standard InChI is InChI=1S/C18H23N5S/c1-2-14(12-19-7-1)17-3-8-20-18(22-17)23-9-4-16(13-23)21-15-5-10-24-11-6-15/h1-3,7-8,12,15-16,21H,4-6,9-11,13H2. The summed E-state index contributed by atoms with van der Waals surface area (Å²) in [7, 11) is 0. The minimum Gasteiger partial charge on any atom is -0.339 e. The Morgan fingerprint density at radius 3 is 2.83 bits per heavy atom. The van der Waals surface area contributed by atoms with E-state index in [2.05, 4.69) is 31.9 Å². The molecule has 0 spiro atoms. The van der Waals surface area contributed by atoms with Gasteiger partial charge in [-0.25, -0.2) is 9.97 Å². The predicted octanol–water partition coefficient (Wildman–Crippen LogP) is 2.60. The molecule has 2 fully saturated rings. The molecule has 0 aromatic carbocycles. The Hall–Kier alpha value is -1.66. The van der Waals surface area contributed by atoms with Gasteiger partial charge in [-0.2, -0.15) is 11.8 Å². The lowest BCUT2D eigenvalue weighted by Crippen LogP contribution is -2.42. The first kappa shape index (κ1) is 15.8. The lowest BCUT2D eigenvalue weighted by atomic mass is 10.1. The first-order valence-electron chi connectivity index (χ1n) is 8.71. The number of nitrogens with zero attached hydrogens (tertiary/aromatic N) is 4. The van der Waals surface area contributed by atoms with Crippen molar-refractivity contribution in [1.29, 1.82) is 0 Å². The summed E-state index contributed by atoms with van der Waals surface area (Å²) in [5.74, 6) is 3.43. The molecule has 2 aromatic rings. The minimum atomic E-state index is 0.559. The molecule has 2 aliphatic rings. The maximum Gasteiger partial charge on any atom is 0.225 e. The molecule has 0 radical (unpaired) electrons. The van der Waals surface area contributed by atoms with Gasteiger partial charge in [0.05, 0.1) is 5.69 Å². The Balaban J connectivity index is 1.41. The van der Waals surface area contributed by atoms with Crippen LogP contribution >= 0.6 is 11.8 Å². The highest BCUT2D eigenvalue weighted by Gasteiger charge is 2.27. The molecule has 1 N–H and O–H groups in total. The fourth-order valence-electron chi connectivity index (χ4n) is 3.45. The molecule has 0 saturated carbocycles. The summed E-state index contributed by atoms with van der Waals surface area (Å²) < 4.78 is 0. The third kappa shape index (κ3) is 3.70. The molecule has 6 heteroatoms. The Kier molecular flexibility index (Phi) is 4.94. The van der Waals surface area contributed by atoms with Crippen LogP contribution < -0.4 is 10.2 Å². The van der Waals surface area contributed by atoms with E-state index >= 15 is 0 Å². The summed E-state index contributed by atoms with van der Waals surface area (Å²) in [5.41, 5.74) is 1.98. The number of aromatic nitrogens is 3. The minimum absolute atomic E-state index is 0.559. The van der Waals surface area contributed by atoms with Crippen molar-refractivity contribution in [1.82, 2.24) is 20.3 Å². The molecule has 2 aliphatic heterocycles. The second-order valence-electron chi connectivity index (χ2n) is 6.47. The second-order valence-corrected chi connectivity index (χ2v) is 7.69. The Morgan fingerprint density at radius 1 is 1.08 bits per heavy atom. The average molecular weight is 341 g/mol. The number of pyridine rings is 1. The van der Waals surface area contributed by atoms with Crippen LogP contribution in [-0.2, 0) is 0 Å². The van der Waals surface area contributed by atoms with Crippen molar-refractivity contribution < 1.29 is 0 Å². The molecule has 1 atom stereocenters. The van der Waals surface area contributed by atoms with Gasteiger partial charge in [0.2, 0.25) is 5.95 Å². The molecule has 0 aliphatic carbocycles. The summed E-state index contributed by atoms with van der Waals surface area (Å²) in [5, 5.41) is 3.84. The van der Waals surface area contributed by atoms with Crippen LogP contribution in [0.5, 0.6) is 0 Å². The van der Waals surface area contributed by atoms with Gasteiger partial charge in [-0.1, -0.05) is 0 Å². The van der Waals surface area contributed by atoms with Crippen LogP contribution in [0.1, 0.15) is 19.3 Å². The Labute approximate surface area is 147 Å². The molecule has 0 amide bonds. The smallest absolute Gasteiger partial charge is 0.225 e. The van der Waals surface area contributed by atoms with E-state index in [0.717, 1.165) is 30.3 Å². The number of thioether (sulfide) groups is 1. The van der Waals surface area contributed by atoms with E-state index in [-0.39, 0.29) is 0 Å². The van der Waals surface area contributed by atoms with Crippen molar-refractivity contribution in [3.8, 4) is 11.3 Å². The molecule has 4 rings (SSSR count). The van der Waals surface area contributed by atoms with Gasteiger partial charge in [0.1, 0.15) is 0 Å². The van der Waals surface area contributed by atoms with E-state index < -0.39 is 0 Å². The van der Waals surface area contributed by atoms with Crippen LogP contribution in [0.25, 0.3) is 11.3 Å². The van der Waals surface area contributed by atoms with Crippen molar-refractivity contribution in [3.05, 3.63) is 36.8 Å². The second kappa shape index (κ2) is 7.49. The molecule has 1 unspecified atom stereocenters. The van der Waals surface area contributed by atoms with Crippen molar-refractivity contribution in [3.63, 3.8) is 0 Å². The van der Waals surface area contributed by atoms with E-state index in [0.29, 0.717) is 12.1 Å². The zero-order chi connectivity index (χ0) is 16.2. The lowest BCUT2D eigenvalue weighted by molar-refractivity contribution is 0.423. The van der Waals surface area contributed by atoms with Crippen LogP contribution in [0.4, 0.5) is 5.95 Å². The molecular weight excluding hydrogens is 318 g/mol. The van der Waals surface area contributed by atoms with E-state index in [9.17, 15) is 0 Å². The monoisotopic (exact) mass is 341 g/mol. The highest BCUT2D eigenvalue weighted by atomic mass is 32.2. The van der Waals surface area contributed by atoms with Gasteiger partial charge < -0.3 is 10.2 Å². The van der Waals surface area contributed by atoms with Crippen molar-refractivity contribution in [2.24, 2.45) is 0 Å². The van der Waals surface area contributed by atoms with E-state index in [1.807, 2.05) is 30.6 Å². The Morgan fingerprint density at radius 2 is 2.00 bits per heavy atom. The topological polar surface area (TPSA) is 53.9 Å². The molecule has 24 heavy (non-hydrogen) atoms. The predicted molar refractivity (Wildman–Crippen MR) is 99.4 cm³/mol. The lowest BCUT2D eigenvalue weighted by Gasteiger charge is -2.26. The van der Waals surface area contributed by atoms with Crippen LogP contribution in [0.3, 0.4) is 0 Å². The van der Waals surface area contributed by atoms with Crippen LogP contribution in [0.2, 0.25) is 0 Å². The van der Waals surface area contributed by atoms with Crippen LogP contribution in [-0.4, -0.2) is 51.6 Å². The summed E-state index contributed by atoms with van der Waals surface area (Å²) in [4.78, 5) is 15.7. The molecule has 2 aromatic heterocycles. The van der Waals surface area contributed by atoms with E-state index in [4.69, 9.17) is 4.98 Å². The first-order chi connectivity index (χ1) is 11.9. The third-order valence-electron chi connectivity index (χ3n) is 4.76. The number of hydrogen-bond acceptors (Lipinski definition) is 6. The fraction of sp³-hybridized carbons (Fsp3) is 0.500. The largest absolute Gasteiger partial charge is 0.339 e. The maximum absolute atomic E-state index is 4.75. The van der Waals surface area contributed by atoms with Gasteiger partial charge in [0.25, 0.3) is 0 Å². The van der Waals surface area contributed by atoms with Gasteiger partial charge in [-0.05, 0) is 49.0 Å². The molecule has 0 bridgehead atoms. The number of anilines is 1. The van der Waals surface area contributed by atoms with Gasteiger partial charge in [-0.15, -0.1) is 0 Å². The number of hydrogen-bond donors (Lipinski definition) is 1. The van der Waals surface area contributed by atoms with Crippen LogP contribution in [0.15, 0.2) is 36.8 Å². The van der Waals surface area contributed by atoms with Gasteiger partial charge in [0.15, 0.2) is 0 Å². The number of nitrogens with one attached hydrogen (secondary N) is 1. The van der Waals surface area contributed by atoms with Crippen LogP contribution in [0, 0.1) is 0 Å². The van der Waals surface area contributed by atoms with Gasteiger partial charge in [0, 0.05) is 49.3 Å². The quantitative estimate of drug-likeness (QED) is 0.922. The Bertz CT molecular complexity index is 659. The van der Waals surface area contributed by atoms with Crippen molar-refractivity contribution in [2.75, 3.05) is 29.5 Å². The fourth-order valence-corrected chi connectivity index (χ4v) is 4.56. The molecule has 5 nitrogen and oxygen atoms in total. The molecule has 4 heterocycles. The molecule has 2 saturated heterocycles. The molecule has 126 valence electrons. The molecular formula is C18H23N5S. The van der Waals surface area contributed by atoms with E-state index in [1.165, 1.54) is 30.8 Å². The van der Waals surface area contributed by atoms with Gasteiger partial charge in [-0.3, -0.25) is 4.98 Å². The maximum atomic E-state index is 4.75. The van der Waals surface area contributed by atoms with E-state index in [1.54, 1.807) is 6.20 Å². The zero-order valence-corrected chi connectivity index (χ0v) is 14.6. The summed E-state index contributed by atoms with van der Waals surface area (Å²) >= 11 is 2.08. The van der Waals surface area contributed by atoms with Crippen molar-refractivity contribution >= 4 is 17.7 Å². The summed E-state index contributed by atoms with van der Waals surface area (Å²) in [6.45, 7) is 2.02. The van der Waals surface area contributed by atoms with Crippen molar-refractivity contribution in [2.45, 2.75) is 31.3 Å². The summed E-state index contributed by atoms with van der Waals surface area (Å²) in [6, 6.07) is 7.18. The SMILES string of the molecule is c1cncc(-c2ccnc(N3CCC(NC4CCSCC4)C3)n2)c1. The highest BCUT2D eigenvalue weighted by Crippen LogP contribution is 2.23. The number of rotatable bonds is 4. The zero-order valence-electron chi connectivity index (χ0n) is 13.8. The third-order valence-corrected chi connectivity index (χ3v) is 5.81. The first-order valence-corrected chi connectivity index (χ1v) is 9.86. The van der Waals surface area contributed by atoms with Gasteiger partial charge >= 0.3 is 0 Å².